The smallest absolute Gasteiger partial charge is 0.315 e. The van der Waals surface area contributed by atoms with Gasteiger partial charge in [-0.15, -0.1) is 0 Å². The van der Waals surface area contributed by atoms with Gasteiger partial charge in [-0.2, -0.15) is 0 Å². The van der Waals surface area contributed by atoms with Crippen LogP contribution in [0.4, 0.5) is 0 Å². The Hall–Kier alpha value is -2.67. The zero-order valence-corrected chi connectivity index (χ0v) is 17.6. The molecule has 0 spiro atoms. The Morgan fingerprint density at radius 1 is 0.931 bits per heavy atom. The molecular formula is C22H26O6S. The van der Waals surface area contributed by atoms with E-state index in [1.54, 1.807) is 62.4 Å². The Balaban J connectivity index is 2.41. The number of hydrogen-bond donors (Lipinski definition) is 0. The van der Waals surface area contributed by atoms with Crippen molar-refractivity contribution in [3.63, 3.8) is 0 Å². The molecule has 0 aliphatic rings. The van der Waals surface area contributed by atoms with Crippen LogP contribution in [0.1, 0.15) is 26.7 Å². The van der Waals surface area contributed by atoms with E-state index in [0.29, 0.717) is 5.75 Å². The van der Waals surface area contributed by atoms with Crippen molar-refractivity contribution in [2.75, 3.05) is 7.11 Å². The molecule has 0 radical (unpaired) electrons. The van der Waals surface area contributed by atoms with Gasteiger partial charge in [0, 0.05) is 6.42 Å². The number of ether oxygens (including phenoxy) is 2. The first-order valence-corrected chi connectivity index (χ1v) is 10.9. The quantitative estimate of drug-likeness (QED) is 0.456. The molecule has 0 aromatic heterocycles. The van der Waals surface area contributed by atoms with Crippen LogP contribution in [-0.4, -0.2) is 32.7 Å². The maximum absolute atomic E-state index is 13.4. The second-order valence-electron chi connectivity index (χ2n) is 7.02. The maximum Gasteiger partial charge on any atom is 0.315 e. The minimum absolute atomic E-state index is 0.00719. The van der Waals surface area contributed by atoms with E-state index in [9.17, 15) is 18.0 Å². The summed E-state index contributed by atoms with van der Waals surface area (Å²) in [6, 6.07) is 16.4. The predicted molar refractivity (Wildman–Crippen MR) is 109 cm³/mol. The van der Waals surface area contributed by atoms with Gasteiger partial charge in [-0.1, -0.05) is 50.2 Å². The zero-order chi connectivity index (χ0) is 21.4. The van der Waals surface area contributed by atoms with Crippen LogP contribution in [0.3, 0.4) is 0 Å². The van der Waals surface area contributed by atoms with Crippen LogP contribution in [0.15, 0.2) is 65.6 Å². The molecule has 2 aromatic carbocycles. The molecule has 0 heterocycles. The standard InChI is InChI=1S/C22H26O6S/c1-16(2)21(29(25,26)18-12-8-5-9-13-18)19(14-15-20(23)27-3)22(24)28-17-10-6-4-7-11-17/h4-13,16,19,21H,14-15H2,1-3H3/t19-,21+/m0/s1. The lowest BCUT2D eigenvalue weighted by atomic mass is 9.92. The van der Waals surface area contributed by atoms with E-state index in [0.717, 1.165) is 0 Å². The van der Waals surface area contributed by atoms with Crippen LogP contribution in [0.2, 0.25) is 0 Å². The number of carbonyl (C=O) groups excluding carboxylic acids is 2. The van der Waals surface area contributed by atoms with Gasteiger partial charge < -0.3 is 9.47 Å². The molecule has 2 rings (SSSR count). The molecule has 0 bridgehead atoms. The van der Waals surface area contributed by atoms with Crippen molar-refractivity contribution in [3.8, 4) is 5.75 Å². The SMILES string of the molecule is COC(=O)CC[C@H](C(=O)Oc1ccccc1)[C@@H](C(C)C)S(=O)(=O)c1ccccc1. The van der Waals surface area contributed by atoms with Gasteiger partial charge in [-0.25, -0.2) is 8.42 Å². The first kappa shape index (κ1) is 22.6. The number of hydrogen-bond acceptors (Lipinski definition) is 6. The van der Waals surface area contributed by atoms with Crippen molar-refractivity contribution in [2.45, 2.75) is 36.8 Å². The van der Waals surface area contributed by atoms with Crippen molar-refractivity contribution < 1.29 is 27.5 Å². The highest BCUT2D eigenvalue weighted by Crippen LogP contribution is 2.31. The van der Waals surface area contributed by atoms with Crippen molar-refractivity contribution in [3.05, 3.63) is 60.7 Å². The number of para-hydroxylation sites is 1. The van der Waals surface area contributed by atoms with Gasteiger partial charge >= 0.3 is 11.9 Å². The molecule has 0 N–H and O–H groups in total. The number of sulfone groups is 1. The molecule has 29 heavy (non-hydrogen) atoms. The fraction of sp³-hybridized carbons (Fsp3) is 0.364. The van der Waals surface area contributed by atoms with Gasteiger partial charge in [-0.05, 0) is 36.6 Å². The summed E-state index contributed by atoms with van der Waals surface area (Å²) in [5, 5.41) is -1.05. The highest BCUT2D eigenvalue weighted by atomic mass is 32.2. The van der Waals surface area contributed by atoms with E-state index < -0.39 is 32.9 Å². The maximum atomic E-state index is 13.4. The molecule has 2 atom stereocenters. The summed E-state index contributed by atoms with van der Waals surface area (Å²) in [6.45, 7) is 3.48. The van der Waals surface area contributed by atoms with Crippen LogP contribution in [0, 0.1) is 11.8 Å². The van der Waals surface area contributed by atoms with Gasteiger partial charge in [0.25, 0.3) is 0 Å². The third-order valence-electron chi connectivity index (χ3n) is 4.64. The Morgan fingerprint density at radius 2 is 1.48 bits per heavy atom. The monoisotopic (exact) mass is 418 g/mol. The second-order valence-corrected chi connectivity index (χ2v) is 9.13. The predicted octanol–water partition coefficient (Wildman–Crippen LogP) is 3.66. The van der Waals surface area contributed by atoms with Crippen molar-refractivity contribution in [1.82, 2.24) is 0 Å². The fourth-order valence-corrected chi connectivity index (χ4v) is 5.53. The van der Waals surface area contributed by atoms with Gasteiger partial charge in [0.2, 0.25) is 0 Å². The molecule has 0 saturated heterocycles. The van der Waals surface area contributed by atoms with Crippen molar-refractivity contribution in [1.29, 1.82) is 0 Å². The lowest BCUT2D eigenvalue weighted by molar-refractivity contribution is -0.142. The molecule has 2 aromatic rings. The number of rotatable bonds is 9. The topological polar surface area (TPSA) is 86.7 Å². The molecule has 6 nitrogen and oxygen atoms in total. The summed E-state index contributed by atoms with van der Waals surface area (Å²) in [6.07, 6.45) is -0.0775. The molecule has 156 valence electrons. The van der Waals surface area contributed by atoms with E-state index in [1.807, 2.05) is 0 Å². The molecule has 7 heteroatoms. The number of benzene rings is 2. The minimum atomic E-state index is -3.84. The van der Waals surface area contributed by atoms with Gasteiger partial charge in [0.15, 0.2) is 9.84 Å². The van der Waals surface area contributed by atoms with E-state index in [1.165, 1.54) is 19.2 Å². The fourth-order valence-electron chi connectivity index (χ4n) is 3.28. The van der Waals surface area contributed by atoms with Crippen LogP contribution in [-0.2, 0) is 24.2 Å². The van der Waals surface area contributed by atoms with E-state index >= 15 is 0 Å². The molecule has 0 aliphatic heterocycles. The van der Waals surface area contributed by atoms with Crippen molar-refractivity contribution in [2.24, 2.45) is 11.8 Å². The summed E-state index contributed by atoms with van der Waals surface area (Å²) in [5.41, 5.74) is 0. The second kappa shape index (κ2) is 10.2. The van der Waals surface area contributed by atoms with Crippen LogP contribution in [0.5, 0.6) is 5.75 Å². The molecule has 0 amide bonds. The molecule has 0 unspecified atom stereocenters. The summed E-state index contributed by atoms with van der Waals surface area (Å²) in [5.74, 6) is -2.29. The summed E-state index contributed by atoms with van der Waals surface area (Å²) < 4.78 is 36.8. The Bertz CT molecular complexity index is 907. The van der Waals surface area contributed by atoms with Crippen LogP contribution >= 0.6 is 0 Å². The Morgan fingerprint density at radius 3 is 2.00 bits per heavy atom. The third-order valence-corrected chi connectivity index (χ3v) is 7.15. The largest absolute Gasteiger partial charge is 0.469 e. The van der Waals surface area contributed by atoms with Crippen LogP contribution in [0.25, 0.3) is 0 Å². The van der Waals surface area contributed by atoms with Gasteiger partial charge in [0.1, 0.15) is 5.75 Å². The third kappa shape index (κ3) is 5.90. The highest BCUT2D eigenvalue weighted by Gasteiger charge is 2.42. The summed E-state index contributed by atoms with van der Waals surface area (Å²) >= 11 is 0. The molecule has 0 saturated carbocycles. The van der Waals surface area contributed by atoms with E-state index in [-0.39, 0.29) is 23.7 Å². The number of carbonyl (C=O) groups is 2. The lowest BCUT2D eigenvalue weighted by Gasteiger charge is -2.28. The molecule has 0 fully saturated rings. The van der Waals surface area contributed by atoms with Gasteiger partial charge in [-0.3, -0.25) is 9.59 Å². The van der Waals surface area contributed by atoms with Crippen LogP contribution < -0.4 is 4.74 Å². The lowest BCUT2D eigenvalue weighted by Crippen LogP contribution is -2.41. The summed E-state index contributed by atoms with van der Waals surface area (Å²) in [7, 11) is -2.59. The molecule has 0 aliphatic carbocycles. The zero-order valence-electron chi connectivity index (χ0n) is 16.8. The molecular weight excluding hydrogens is 392 g/mol. The number of esters is 2. The van der Waals surface area contributed by atoms with Crippen molar-refractivity contribution >= 4 is 21.8 Å². The average Bonchev–Trinajstić information content (AvgIpc) is 2.71. The first-order valence-electron chi connectivity index (χ1n) is 9.40. The minimum Gasteiger partial charge on any atom is -0.469 e. The van der Waals surface area contributed by atoms with E-state index in [4.69, 9.17) is 4.74 Å². The number of methoxy groups -OCH3 is 1. The summed E-state index contributed by atoms with van der Waals surface area (Å²) in [4.78, 5) is 24.8. The Kier molecular flexibility index (Phi) is 7.96. The first-order chi connectivity index (χ1) is 13.8. The van der Waals surface area contributed by atoms with Gasteiger partial charge in [0.05, 0.1) is 23.2 Å². The average molecular weight is 419 g/mol. The normalized spacial score (nSPS) is 13.5. The highest BCUT2D eigenvalue weighted by molar-refractivity contribution is 7.92. The Labute approximate surface area is 171 Å². The van der Waals surface area contributed by atoms with E-state index in [2.05, 4.69) is 4.74 Å².